The molecule has 0 bridgehead atoms. The van der Waals surface area contributed by atoms with Crippen molar-refractivity contribution in [1.82, 2.24) is 15.1 Å². The molecule has 2 saturated heterocycles. The summed E-state index contributed by atoms with van der Waals surface area (Å²) in [6.45, 7) is 4.97. The SMILES string of the molecule is CN1CCCC1CCNC(=O)[C@@H]1C[C@H](COc2ccc3c(c2)CCC3)CN(Cc2ccc(O)cc2)C1. The first-order valence-electron chi connectivity index (χ1n) is 13.8. The van der Waals surface area contributed by atoms with Crippen LogP contribution < -0.4 is 10.1 Å². The molecule has 3 atom stereocenters. The second kappa shape index (κ2) is 11.7. The highest BCUT2D eigenvalue weighted by Gasteiger charge is 2.32. The first-order valence-corrected chi connectivity index (χ1v) is 13.8. The summed E-state index contributed by atoms with van der Waals surface area (Å²) in [5.74, 6) is 1.66. The van der Waals surface area contributed by atoms with Crippen molar-refractivity contribution in [3.8, 4) is 11.5 Å². The van der Waals surface area contributed by atoms with Gasteiger partial charge in [0, 0.05) is 38.1 Å². The quantitative estimate of drug-likeness (QED) is 0.555. The first-order chi connectivity index (χ1) is 17.5. The number of aryl methyl sites for hydroxylation is 2. The number of nitrogens with zero attached hydrogens (tertiary/aromatic N) is 2. The van der Waals surface area contributed by atoms with Crippen LogP contribution in [0, 0.1) is 11.8 Å². The number of aromatic hydroxyl groups is 1. The average molecular weight is 492 g/mol. The van der Waals surface area contributed by atoms with Crippen molar-refractivity contribution < 1.29 is 14.6 Å². The normalized spacial score (nSPS) is 24.5. The third kappa shape index (κ3) is 6.40. The number of carbonyl (C=O) groups excluding carboxylic acids is 1. The molecule has 1 aliphatic carbocycles. The maximum Gasteiger partial charge on any atom is 0.224 e. The predicted molar refractivity (Wildman–Crippen MR) is 142 cm³/mol. The van der Waals surface area contributed by atoms with E-state index in [1.807, 2.05) is 12.1 Å². The Bertz CT molecular complexity index is 1020. The average Bonchev–Trinajstić information content (AvgIpc) is 3.52. The number of carbonyl (C=O) groups is 1. The Morgan fingerprint density at radius 1 is 1.08 bits per heavy atom. The van der Waals surface area contributed by atoms with Crippen LogP contribution in [0.3, 0.4) is 0 Å². The molecule has 0 saturated carbocycles. The largest absolute Gasteiger partial charge is 0.508 e. The van der Waals surface area contributed by atoms with Crippen LogP contribution in [-0.2, 0) is 24.2 Å². The molecule has 6 heteroatoms. The Balaban J connectivity index is 1.19. The van der Waals surface area contributed by atoms with Crippen LogP contribution in [0.25, 0.3) is 0 Å². The van der Waals surface area contributed by atoms with Gasteiger partial charge in [0.1, 0.15) is 11.5 Å². The number of nitrogens with one attached hydrogen (secondary N) is 1. The van der Waals surface area contributed by atoms with E-state index in [2.05, 4.69) is 40.4 Å². The van der Waals surface area contributed by atoms with Gasteiger partial charge in [0.2, 0.25) is 5.91 Å². The molecule has 36 heavy (non-hydrogen) atoms. The minimum Gasteiger partial charge on any atom is -0.508 e. The predicted octanol–water partition coefficient (Wildman–Crippen LogP) is 4.00. The summed E-state index contributed by atoms with van der Waals surface area (Å²) in [7, 11) is 2.19. The van der Waals surface area contributed by atoms with Gasteiger partial charge in [-0.3, -0.25) is 9.69 Å². The van der Waals surface area contributed by atoms with E-state index in [0.717, 1.165) is 56.8 Å². The molecule has 2 heterocycles. The number of piperidine rings is 1. The Morgan fingerprint density at radius 2 is 1.92 bits per heavy atom. The van der Waals surface area contributed by atoms with E-state index in [9.17, 15) is 9.90 Å². The second-order valence-corrected chi connectivity index (χ2v) is 11.1. The third-order valence-electron chi connectivity index (χ3n) is 8.33. The number of phenols is 1. The summed E-state index contributed by atoms with van der Waals surface area (Å²) < 4.78 is 6.28. The zero-order valence-corrected chi connectivity index (χ0v) is 21.6. The van der Waals surface area contributed by atoms with Crippen molar-refractivity contribution in [2.24, 2.45) is 11.8 Å². The zero-order valence-electron chi connectivity index (χ0n) is 21.6. The van der Waals surface area contributed by atoms with Gasteiger partial charge in [0.15, 0.2) is 0 Å². The highest BCUT2D eigenvalue weighted by atomic mass is 16.5. The van der Waals surface area contributed by atoms with Crippen LogP contribution in [0.4, 0.5) is 0 Å². The van der Waals surface area contributed by atoms with Gasteiger partial charge in [-0.05, 0) is 99.5 Å². The van der Waals surface area contributed by atoms with Gasteiger partial charge in [-0.15, -0.1) is 0 Å². The van der Waals surface area contributed by atoms with Crippen molar-refractivity contribution >= 4 is 5.91 Å². The summed E-state index contributed by atoms with van der Waals surface area (Å²) in [5.41, 5.74) is 4.03. The van der Waals surface area contributed by atoms with Crippen molar-refractivity contribution in [2.45, 2.75) is 57.5 Å². The molecule has 2 N–H and O–H groups in total. The molecule has 0 aromatic heterocycles. The fourth-order valence-electron chi connectivity index (χ4n) is 6.30. The number of amides is 1. The number of ether oxygens (including phenoxy) is 1. The summed E-state index contributed by atoms with van der Waals surface area (Å²) in [4.78, 5) is 18.0. The lowest BCUT2D eigenvalue weighted by Crippen LogP contribution is -2.47. The van der Waals surface area contributed by atoms with Crippen LogP contribution in [0.2, 0.25) is 0 Å². The fraction of sp³-hybridized carbons (Fsp3) is 0.567. The molecule has 0 spiro atoms. The van der Waals surface area contributed by atoms with E-state index in [4.69, 9.17) is 4.74 Å². The lowest BCUT2D eigenvalue weighted by Gasteiger charge is -2.37. The number of hydrogen-bond acceptors (Lipinski definition) is 5. The molecular formula is C30H41N3O3. The number of phenolic OH excluding ortho intramolecular Hbond substituents is 1. The van der Waals surface area contributed by atoms with Crippen LogP contribution in [0.5, 0.6) is 11.5 Å². The molecule has 6 nitrogen and oxygen atoms in total. The highest BCUT2D eigenvalue weighted by molar-refractivity contribution is 5.79. The van der Waals surface area contributed by atoms with Crippen LogP contribution in [-0.4, -0.2) is 66.7 Å². The molecule has 3 aliphatic rings. The molecular weight excluding hydrogens is 450 g/mol. The minimum atomic E-state index is -0.0363. The first kappa shape index (κ1) is 25.1. The topological polar surface area (TPSA) is 65.0 Å². The van der Waals surface area contributed by atoms with Gasteiger partial charge in [0.25, 0.3) is 0 Å². The van der Waals surface area contributed by atoms with Gasteiger partial charge in [-0.2, -0.15) is 0 Å². The van der Waals surface area contributed by atoms with Gasteiger partial charge in [0.05, 0.1) is 12.5 Å². The summed E-state index contributed by atoms with van der Waals surface area (Å²) in [6, 6.07) is 14.5. The molecule has 194 valence electrons. The van der Waals surface area contributed by atoms with Crippen molar-refractivity contribution in [3.63, 3.8) is 0 Å². The Labute approximate surface area is 215 Å². The number of hydrogen-bond donors (Lipinski definition) is 2. The molecule has 0 radical (unpaired) electrons. The van der Waals surface area contributed by atoms with E-state index in [0.29, 0.717) is 18.6 Å². The Hall–Kier alpha value is -2.57. The standard InChI is InChI=1S/C30H41N3O3/c1-32-15-3-6-27(32)13-14-31-30(35)26-16-23(19-33(20-26)18-22-7-10-28(34)11-8-22)21-36-29-12-9-24-4-2-5-25(24)17-29/h7-12,17,23,26-27,34H,2-6,13-16,18-21H2,1H3,(H,31,35)/t23-,26+,27?/m0/s1. The second-order valence-electron chi connectivity index (χ2n) is 11.1. The highest BCUT2D eigenvalue weighted by Crippen LogP contribution is 2.29. The lowest BCUT2D eigenvalue weighted by atomic mass is 9.88. The van der Waals surface area contributed by atoms with Gasteiger partial charge in [-0.1, -0.05) is 18.2 Å². The molecule has 1 unspecified atom stereocenters. The molecule has 2 fully saturated rings. The van der Waals surface area contributed by atoms with Crippen molar-refractivity contribution in [2.75, 3.05) is 39.8 Å². The van der Waals surface area contributed by atoms with E-state index in [1.54, 1.807) is 12.1 Å². The molecule has 2 aliphatic heterocycles. The van der Waals surface area contributed by atoms with E-state index < -0.39 is 0 Å². The molecule has 1 amide bonds. The fourth-order valence-corrected chi connectivity index (χ4v) is 6.30. The molecule has 2 aromatic carbocycles. The Morgan fingerprint density at radius 3 is 2.72 bits per heavy atom. The van der Waals surface area contributed by atoms with Gasteiger partial charge >= 0.3 is 0 Å². The monoisotopic (exact) mass is 491 g/mol. The number of likely N-dealkylation sites (tertiary alicyclic amines) is 2. The van der Waals surface area contributed by atoms with Crippen molar-refractivity contribution in [1.29, 1.82) is 0 Å². The maximum atomic E-state index is 13.2. The van der Waals surface area contributed by atoms with Gasteiger partial charge in [-0.25, -0.2) is 0 Å². The number of fused-ring (bicyclic) bond motifs is 1. The summed E-state index contributed by atoms with van der Waals surface area (Å²) in [6.07, 6.45) is 7.94. The van der Waals surface area contributed by atoms with Gasteiger partial charge < -0.3 is 20.1 Å². The van der Waals surface area contributed by atoms with E-state index >= 15 is 0 Å². The molecule has 2 aromatic rings. The van der Waals surface area contributed by atoms with Crippen molar-refractivity contribution in [3.05, 3.63) is 59.2 Å². The summed E-state index contributed by atoms with van der Waals surface area (Å²) in [5, 5.41) is 12.9. The van der Waals surface area contributed by atoms with Crippen LogP contribution >= 0.6 is 0 Å². The maximum absolute atomic E-state index is 13.2. The number of rotatable bonds is 9. The third-order valence-corrected chi connectivity index (χ3v) is 8.33. The van der Waals surface area contributed by atoms with Crippen LogP contribution in [0.1, 0.15) is 48.8 Å². The van der Waals surface area contributed by atoms with E-state index in [-0.39, 0.29) is 17.6 Å². The van der Waals surface area contributed by atoms with Crippen LogP contribution in [0.15, 0.2) is 42.5 Å². The zero-order chi connectivity index (χ0) is 24.9. The lowest BCUT2D eigenvalue weighted by molar-refractivity contribution is -0.127. The Kier molecular flexibility index (Phi) is 8.12. The van der Waals surface area contributed by atoms with E-state index in [1.165, 1.54) is 43.4 Å². The summed E-state index contributed by atoms with van der Waals surface area (Å²) >= 11 is 0. The minimum absolute atomic E-state index is 0.0363. The smallest absolute Gasteiger partial charge is 0.224 e. The number of benzene rings is 2. The molecule has 5 rings (SSSR count).